The topological polar surface area (TPSA) is 12.0 Å². The van der Waals surface area contributed by atoms with Crippen molar-refractivity contribution in [3.63, 3.8) is 0 Å². The minimum Gasteiger partial charge on any atom is -0.315 e. The molecule has 1 nitrogen and oxygen atoms in total. The number of aryl methyl sites for hydroxylation is 1. The van der Waals surface area contributed by atoms with Gasteiger partial charge in [-0.1, -0.05) is 43.7 Å². The predicted octanol–water partition coefficient (Wildman–Crippen LogP) is 2.88. The Hall–Kier alpha value is -0.820. The molecule has 1 heterocycles. The number of rotatable bonds is 3. The van der Waals surface area contributed by atoms with Gasteiger partial charge in [0.2, 0.25) is 0 Å². The van der Waals surface area contributed by atoms with Crippen LogP contribution in [0.5, 0.6) is 0 Å². The number of hydrogen-bond acceptors (Lipinski definition) is 1. The lowest BCUT2D eigenvalue weighted by atomic mass is 9.70. The first-order chi connectivity index (χ1) is 7.12. The summed E-state index contributed by atoms with van der Waals surface area (Å²) in [6.45, 7) is 9.10. The van der Waals surface area contributed by atoms with Crippen molar-refractivity contribution in [2.45, 2.75) is 32.6 Å². The summed E-state index contributed by atoms with van der Waals surface area (Å²) in [4.78, 5) is 0. The Morgan fingerprint density at radius 3 is 2.53 bits per heavy atom. The molecule has 1 saturated heterocycles. The molecule has 15 heavy (non-hydrogen) atoms. The third kappa shape index (κ3) is 2.07. The minimum absolute atomic E-state index is 0.417. The Labute approximate surface area is 92.9 Å². The lowest BCUT2D eigenvalue weighted by Crippen LogP contribution is -2.57. The van der Waals surface area contributed by atoms with Gasteiger partial charge in [0.25, 0.3) is 0 Å². The zero-order chi connectivity index (χ0) is 10.9. The van der Waals surface area contributed by atoms with Gasteiger partial charge in [0.15, 0.2) is 0 Å². The van der Waals surface area contributed by atoms with Gasteiger partial charge in [0, 0.05) is 18.5 Å². The monoisotopic (exact) mass is 203 g/mol. The Balaban J connectivity index is 2.26. The summed E-state index contributed by atoms with van der Waals surface area (Å²) in [6.07, 6.45) is 1.30. The van der Waals surface area contributed by atoms with Crippen LogP contribution in [-0.4, -0.2) is 13.1 Å². The highest BCUT2D eigenvalue weighted by Crippen LogP contribution is 2.35. The van der Waals surface area contributed by atoms with Gasteiger partial charge < -0.3 is 5.32 Å². The third-order valence-corrected chi connectivity index (χ3v) is 3.36. The summed E-state index contributed by atoms with van der Waals surface area (Å²) in [5.41, 5.74) is 3.32. The molecule has 1 aromatic rings. The van der Waals surface area contributed by atoms with Crippen molar-refractivity contribution >= 4 is 0 Å². The Kier molecular flexibility index (Phi) is 2.83. The van der Waals surface area contributed by atoms with Gasteiger partial charge in [-0.05, 0) is 24.8 Å². The van der Waals surface area contributed by atoms with Gasteiger partial charge >= 0.3 is 0 Å². The SMILES string of the molecule is Cc1cccc(C2(CC(C)C)CNC2)c1. The van der Waals surface area contributed by atoms with E-state index in [2.05, 4.69) is 50.4 Å². The Bertz CT molecular complexity index is 337. The van der Waals surface area contributed by atoms with Crippen molar-refractivity contribution in [1.29, 1.82) is 0 Å². The quantitative estimate of drug-likeness (QED) is 0.796. The summed E-state index contributed by atoms with van der Waals surface area (Å²) in [7, 11) is 0. The van der Waals surface area contributed by atoms with Crippen molar-refractivity contribution in [3.05, 3.63) is 35.4 Å². The van der Waals surface area contributed by atoms with Crippen LogP contribution in [0.4, 0.5) is 0 Å². The molecular formula is C14H21N. The molecule has 0 spiro atoms. The molecule has 0 bridgehead atoms. The number of nitrogens with one attached hydrogen (secondary N) is 1. The van der Waals surface area contributed by atoms with E-state index in [4.69, 9.17) is 0 Å². The highest BCUT2D eigenvalue weighted by molar-refractivity contribution is 5.33. The maximum absolute atomic E-state index is 3.43. The molecule has 0 radical (unpaired) electrons. The van der Waals surface area contributed by atoms with Crippen LogP contribution < -0.4 is 5.32 Å². The smallest absolute Gasteiger partial charge is 0.0205 e. The summed E-state index contributed by atoms with van der Waals surface area (Å²) in [5, 5.41) is 3.43. The average Bonchev–Trinajstić information content (AvgIpc) is 2.11. The van der Waals surface area contributed by atoms with E-state index >= 15 is 0 Å². The number of benzene rings is 1. The maximum Gasteiger partial charge on any atom is 0.0205 e. The second kappa shape index (κ2) is 3.97. The number of hydrogen-bond donors (Lipinski definition) is 1. The molecule has 1 aliphatic rings. The van der Waals surface area contributed by atoms with Crippen LogP contribution in [0.1, 0.15) is 31.4 Å². The Morgan fingerprint density at radius 2 is 2.07 bits per heavy atom. The molecule has 0 amide bonds. The van der Waals surface area contributed by atoms with Gasteiger partial charge in [0.05, 0.1) is 0 Å². The molecule has 1 fully saturated rings. The van der Waals surface area contributed by atoms with E-state index in [0.29, 0.717) is 5.41 Å². The average molecular weight is 203 g/mol. The molecule has 1 aliphatic heterocycles. The van der Waals surface area contributed by atoms with E-state index in [0.717, 1.165) is 19.0 Å². The fraction of sp³-hybridized carbons (Fsp3) is 0.571. The van der Waals surface area contributed by atoms with Crippen LogP contribution >= 0.6 is 0 Å². The fourth-order valence-corrected chi connectivity index (χ4v) is 2.65. The standard InChI is InChI=1S/C14H21N/c1-11(2)8-14(9-15-10-14)13-6-4-5-12(3)7-13/h4-7,11,15H,8-10H2,1-3H3. The van der Waals surface area contributed by atoms with Gasteiger partial charge in [-0.2, -0.15) is 0 Å². The molecule has 2 rings (SSSR count). The molecule has 1 heteroatoms. The van der Waals surface area contributed by atoms with Gasteiger partial charge in [0.1, 0.15) is 0 Å². The molecule has 0 aromatic heterocycles. The molecule has 82 valence electrons. The second-order valence-electron chi connectivity index (χ2n) is 5.35. The van der Waals surface area contributed by atoms with Crippen LogP contribution in [0.2, 0.25) is 0 Å². The van der Waals surface area contributed by atoms with E-state index < -0.39 is 0 Å². The predicted molar refractivity (Wildman–Crippen MR) is 65.2 cm³/mol. The first-order valence-corrected chi connectivity index (χ1v) is 5.90. The summed E-state index contributed by atoms with van der Waals surface area (Å²) in [5.74, 6) is 0.771. The molecule has 1 N–H and O–H groups in total. The van der Waals surface area contributed by atoms with Crippen molar-refractivity contribution in [2.75, 3.05) is 13.1 Å². The van der Waals surface area contributed by atoms with E-state index in [1.54, 1.807) is 0 Å². The second-order valence-corrected chi connectivity index (χ2v) is 5.35. The summed E-state index contributed by atoms with van der Waals surface area (Å²) < 4.78 is 0. The van der Waals surface area contributed by atoms with Gasteiger partial charge in [-0.3, -0.25) is 0 Å². The third-order valence-electron chi connectivity index (χ3n) is 3.36. The van der Waals surface area contributed by atoms with Crippen molar-refractivity contribution < 1.29 is 0 Å². The lowest BCUT2D eigenvalue weighted by Gasteiger charge is -2.44. The fourth-order valence-electron chi connectivity index (χ4n) is 2.65. The maximum atomic E-state index is 3.43. The minimum atomic E-state index is 0.417. The molecule has 0 saturated carbocycles. The van der Waals surface area contributed by atoms with Gasteiger partial charge in [-0.15, -0.1) is 0 Å². The highest BCUT2D eigenvalue weighted by Gasteiger charge is 2.38. The first kappa shape index (κ1) is 10.7. The van der Waals surface area contributed by atoms with Crippen molar-refractivity contribution in [2.24, 2.45) is 5.92 Å². The lowest BCUT2D eigenvalue weighted by molar-refractivity contribution is 0.229. The molecule has 0 atom stereocenters. The molecule has 0 aliphatic carbocycles. The van der Waals surface area contributed by atoms with Crippen LogP contribution in [-0.2, 0) is 5.41 Å². The van der Waals surface area contributed by atoms with Crippen molar-refractivity contribution in [1.82, 2.24) is 5.32 Å². The van der Waals surface area contributed by atoms with Crippen LogP contribution in [0.25, 0.3) is 0 Å². The Morgan fingerprint density at radius 1 is 1.33 bits per heavy atom. The van der Waals surface area contributed by atoms with Crippen LogP contribution in [0, 0.1) is 12.8 Å². The van der Waals surface area contributed by atoms with Crippen LogP contribution in [0.3, 0.4) is 0 Å². The van der Waals surface area contributed by atoms with Crippen LogP contribution in [0.15, 0.2) is 24.3 Å². The zero-order valence-corrected chi connectivity index (χ0v) is 10.0. The zero-order valence-electron chi connectivity index (χ0n) is 10.0. The molecule has 0 unspecified atom stereocenters. The highest BCUT2D eigenvalue weighted by atomic mass is 15.0. The van der Waals surface area contributed by atoms with Gasteiger partial charge in [-0.25, -0.2) is 0 Å². The summed E-state index contributed by atoms with van der Waals surface area (Å²) >= 11 is 0. The molecular weight excluding hydrogens is 182 g/mol. The van der Waals surface area contributed by atoms with E-state index in [9.17, 15) is 0 Å². The van der Waals surface area contributed by atoms with E-state index in [1.165, 1.54) is 17.5 Å². The first-order valence-electron chi connectivity index (χ1n) is 5.90. The normalized spacial score (nSPS) is 18.9. The van der Waals surface area contributed by atoms with E-state index in [-0.39, 0.29) is 0 Å². The summed E-state index contributed by atoms with van der Waals surface area (Å²) in [6, 6.07) is 9.00. The van der Waals surface area contributed by atoms with E-state index in [1.807, 2.05) is 0 Å². The molecule has 1 aromatic carbocycles. The largest absolute Gasteiger partial charge is 0.315 e. The van der Waals surface area contributed by atoms with Crippen molar-refractivity contribution in [3.8, 4) is 0 Å².